The minimum Gasteiger partial charge on any atom is -0.481 e. The molecule has 0 radical (unpaired) electrons. The Balaban J connectivity index is 0. The molecule has 0 aromatic carbocycles. The van der Waals surface area contributed by atoms with E-state index in [4.69, 9.17) is 9.90 Å². The number of carboxylic acids is 1. The van der Waals surface area contributed by atoms with Crippen LogP contribution >= 0.6 is 0 Å². The van der Waals surface area contributed by atoms with E-state index in [1.807, 2.05) is 0 Å². The molecular weight excluding hydrogens is 168 g/mol. The van der Waals surface area contributed by atoms with Crippen LogP contribution in [0.25, 0.3) is 0 Å². The smallest absolute Gasteiger partial charge is 0.300 e. The van der Waals surface area contributed by atoms with E-state index in [1.54, 1.807) is 0 Å². The summed E-state index contributed by atoms with van der Waals surface area (Å²) in [5.74, 6) is -0.833. The van der Waals surface area contributed by atoms with Gasteiger partial charge in [-0.05, 0) is 11.8 Å². The molecular formula is C10H22O3. The zero-order valence-electron chi connectivity index (χ0n) is 9.29. The van der Waals surface area contributed by atoms with Gasteiger partial charge < -0.3 is 10.2 Å². The van der Waals surface area contributed by atoms with Crippen molar-refractivity contribution in [1.82, 2.24) is 0 Å². The lowest BCUT2D eigenvalue weighted by Crippen LogP contribution is -2.25. The summed E-state index contributed by atoms with van der Waals surface area (Å²) < 4.78 is 0. The van der Waals surface area contributed by atoms with E-state index in [0.717, 1.165) is 19.8 Å². The van der Waals surface area contributed by atoms with Gasteiger partial charge in [-0.3, -0.25) is 4.79 Å². The molecule has 1 atom stereocenters. The first-order chi connectivity index (χ1) is 5.71. The van der Waals surface area contributed by atoms with Crippen LogP contribution in [0.2, 0.25) is 0 Å². The van der Waals surface area contributed by atoms with Gasteiger partial charge in [-0.2, -0.15) is 0 Å². The average molecular weight is 190 g/mol. The van der Waals surface area contributed by atoms with E-state index in [9.17, 15) is 5.11 Å². The molecule has 0 aliphatic carbocycles. The van der Waals surface area contributed by atoms with E-state index in [2.05, 4.69) is 27.7 Å². The first kappa shape index (κ1) is 14.9. The van der Waals surface area contributed by atoms with Gasteiger partial charge >= 0.3 is 0 Å². The second kappa shape index (κ2) is 6.89. The molecule has 3 nitrogen and oxygen atoms in total. The summed E-state index contributed by atoms with van der Waals surface area (Å²) in [6.45, 7) is 9.36. The molecule has 0 aliphatic rings. The summed E-state index contributed by atoms with van der Waals surface area (Å²) >= 11 is 0. The first-order valence-corrected chi connectivity index (χ1v) is 4.59. The van der Waals surface area contributed by atoms with Crippen molar-refractivity contribution in [3.8, 4) is 0 Å². The lowest BCUT2D eigenvalue weighted by molar-refractivity contribution is -0.134. The van der Waals surface area contributed by atoms with E-state index < -0.39 is 5.97 Å². The molecule has 0 saturated heterocycles. The number of aliphatic hydroxyl groups is 1. The molecule has 1 unspecified atom stereocenters. The van der Waals surface area contributed by atoms with Crippen LogP contribution in [0, 0.1) is 5.41 Å². The Labute approximate surface area is 80.8 Å². The Hall–Kier alpha value is -0.570. The van der Waals surface area contributed by atoms with Crippen LogP contribution in [0.5, 0.6) is 0 Å². The number of hydrogen-bond donors (Lipinski definition) is 2. The maximum absolute atomic E-state index is 9.39. The van der Waals surface area contributed by atoms with Crippen LogP contribution in [0.1, 0.15) is 47.5 Å². The maximum atomic E-state index is 9.39. The minimum absolute atomic E-state index is 0.0655. The van der Waals surface area contributed by atoms with Gasteiger partial charge in [0.15, 0.2) is 0 Å². The van der Waals surface area contributed by atoms with E-state index in [-0.39, 0.29) is 11.5 Å². The molecule has 0 rings (SSSR count). The summed E-state index contributed by atoms with van der Waals surface area (Å²) in [6.07, 6.45) is 1.85. The van der Waals surface area contributed by atoms with Gasteiger partial charge in [-0.15, -0.1) is 0 Å². The number of aliphatic carboxylic acids is 1. The maximum Gasteiger partial charge on any atom is 0.300 e. The summed E-state index contributed by atoms with van der Waals surface area (Å²) in [7, 11) is 0. The standard InChI is InChI=1S/C8H18O.C2H4O2/c1-5-6-7(9)8(2,3)4;1-2(3)4/h7,9H,5-6H2,1-4H3;1H3,(H,3,4). The van der Waals surface area contributed by atoms with Crippen LogP contribution in [0.15, 0.2) is 0 Å². The Morgan fingerprint density at radius 3 is 1.77 bits per heavy atom. The summed E-state index contributed by atoms with van der Waals surface area (Å²) in [4.78, 5) is 9.00. The lowest BCUT2D eigenvalue weighted by Gasteiger charge is -2.25. The Bertz CT molecular complexity index is 132. The van der Waals surface area contributed by atoms with Gasteiger partial charge in [-0.25, -0.2) is 0 Å². The quantitative estimate of drug-likeness (QED) is 0.702. The summed E-state index contributed by atoms with van der Waals surface area (Å²) in [6, 6.07) is 0. The summed E-state index contributed by atoms with van der Waals surface area (Å²) in [5, 5.41) is 16.8. The molecule has 3 heteroatoms. The van der Waals surface area contributed by atoms with Gasteiger partial charge in [0.05, 0.1) is 6.10 Å². The van der Waals surface area contributed by atoms with Crippen LogP contribution < -0.4 is 0 Å². The molecule has 0 saturated carbocycles. The number of aliphatic hydroxyl groups excluding tert-OH is 1. The number of carbonyl (C=O) groups is 1. The van der Waals surface area contributed by atoms with E-state index in [0.29, 0.717) is 0 Å². The normalized spacial score (nSPS) is 12.8. The van der Waals surface area contributed by atoms with Crippen LogP contribution in [0.4, 0.5) is 0 Å². The van der Waals surface area contributed by atoms with Crippen LogP contribution in [-0.2, 0) is 4.79 Å². The van der Waals surface area contributed by atoms with Crippen molar-refractivity contribution in [2.24, 2.45) is 5.41 Å². The number of hydrogen-bond acceptors (Lipinski definition) is 2. The van der Waals surface area contributed by atoms with Crippen molar-refractivity contribution >= 4 is 5.97 Å². The Kier molecular flexibility index (Phi) is 7.92. The lowest BCUT2D eigenvalue weighted by atomic mass is 9.87. The highest BCUT2D eigenvalue weighted by molar-refractivity contribution is 5.62. The van der Waals surface area contributed by atoms with E-state index in [1.165, 1.54) is 0 Å². The van der Waals surface area contributed by atoms with Gasteiger partial charge in [0, 0.05) is 6.92 Å². The van der Waals surface area contributed by atoms with Gasteiger partial charge in [0.25, 0.3) is 5.97 Å². The highest BCUT2D eigenvalue weighted by atomic mass is 16.4. The molecule has 0 aliphatic heterocycles. The fourth-order valence-corrected chi connectivity index (χ4v) is 0.706. The zero-order valence-corrected chi connectivity index (χ0v) is 9.29. The Morgan fingerprint density at radius 1 is 1.38 bits per heavy atom. The number of carboxylic acid groups (broad SMARTS) is 1. The fraction of sp³-hybridized carbons (Fsp3) is 0.900. The van der Waals surface area contributed by atoms with Crippen molar-refractivity contribution < 1.29 is 15.0 Å². The van der Waals surface area contributed by atoms with Crippen LogP contribution in [-0.4, -0.2) is 22.3 Å². The minimum atomic E-state index is -0.833. The van der Waals surface area contributed by atoms with Gasteiger partial charge in [-0.1, -0.05) is 34.1 Å². The second-order valence-corrected chi connectivity index (χ2v) is 4.19. The third-order valence-corrected chi connectivity index (χ3v) is 1.56. The van der Waals surface area contributed by atoms with Crippen molar-refractivity contribution in [2.75, 3.05) is 0 Å². The van der Waals surface area contributed by atoms with Crippen molar-refractivity contribution in [3.05, 3.63) is 0 Å². The van der Waals surface area contributed by atoms with Gasteiger partial charge in [0.2, 0.25) is 0 Å². The topological polar surface area (TPSA) is 57.5 Å². The molecule has 0 aromatic heterocycles. The SMILES string of the molecule is CC(=O)O.CCCC(O)C(C)(C)C. The van der Waals surface area contributed by atoms with Crippen molar-refractivity contribution in [2.45, 2.75) is 53.6 Å². The van der Waals surface area contributed by atoms with E-state index >= 15 is 0 Å². The highest BCUT2D eigenvalue weighted by Gasteiger charge is 2.20. The average Bonchev–Trinajstić information content (AvgIpc) is 1.84. The largest absolute Gasteiger partial charge is 0.481 e. The number of rotatable bonds is 2. The fourth-order valence-electron chi connectivity index (χ4n) is 0.706. The second-order valence-electron chi connectivity index (χ2n) is 4.19. The Morgan fingerprint density at radius 2 is 1.69 bits per heavy atom. The molecule has 2 N–H and O–H groups in total. The molecule has 0 amide bonds. The molecule has 0 aromatic rings. The third kappa shape index (κ3) is 14.3. The van der Waals surface area contributed by atoms with Crippen LogP contribution in [0.3, 0.4) is 0 Å². The molecule has 80 valence electrons. The first-order valence-electron chi connectivity index (χ1n) is 4.59. The summed E-state index contributed by atoms with van der Waals surface area (Å²) in [5.41, 5.74) is 0.0655. The molecule has 0 spiro atoms. The third-order valence-electron chi connectivity index (χ3n) is 1.56. The van der Waals surface area contributed by atoms with Gasteiger partial charge in [0.1, 0.15) is 0 Å². The van der Waals surface area contributed by atoms with Crippen molar-refractivity contribution in [3.63, 3.8) is 0 Å². The molecule has 0 fully saturated rings. The molecule has 0 heterocycles. The predicted molar refractivity (Wildman–Crippen MR) is 53.7 cm³/mol. The molecule has 0 bridgehead atoms. The predicted octanol–water partition coefficient (Wildman–Crippen LogP) is 2.28. The highest BCUT2D eigenvalue weighted by Crippen LogP contribution is 2.21. The zero-order chi connectivity index (χ0) is 11.1. The van der Waals surface area contributed by atoms with Crippen molar-refractivity contribution in [1.29, 1.82) is 0 Å². The molecule has 13 heavy (non-hydrogen) atoms. The monoisotopic (exact) mass is 190 g/mol.